The summed E-state index contributed by atoms with van der Waals surface area (Å²) in [6.45, 7) is 6.99. The van der Waals surface area contributed by atoms with Crippen LogP contribution in [0.4, 0.5) is 0 Å². The standard InChI is InChI=1S/C26H44N2O7P2S2.C20H32O7S2.C14H16N2O9.C10H18N2O4S2.CH4/c1-3-18(25(33)27-11-21(31)13-36)15-38-23-4-5-24(23)39-16-19(26(34)28-12-22(32)14-37)10-20(30)7-9-35-8-6-17(2)29;1-3-14(19(23)24)11-28-17-4-5-18(17)29-12-15(20(25)26)10-16(22)7-9-27-8-6-13(2)21;17-9-1-2-10(18)15(9)24-13(21)5-7-23-8-6-14(22)25-16-11(19)3-4-12(16)20;11-5(9(13)14)3-17-7-1-2-8(7)18-4-6(12)10(15)16;/h18-19,23-24H,3-16,36-37H2,1-2H3,(H,27,33)(H,28,34);14-15,17-18H,3-12H2,1-2H3,(H,23,24)(H,25,26);1-8H2;5-8H,1-4,11-12H2,(H,13,14)(H,15,16);1H4/i13T,14T;;;;. The van der Waals surface area contributed by atoms with Crippen molar-refractivity contribution < 1.29 is 133 Å². The van der Waals surface area contributed by atoms with Gasteiger partial charge in [0.2, 0.25) is 11.8 Å². The maximum Gasteiger partial charge on any atom is 0.335 e. The number of carboxylic acid groups (broad SMARTS) is 4. The summed E-state index contributed by atoms with van der Waals surface area (Å²) in [6.07, 6.45) is 5.69. The normalized spacial score (nSPS) is 20.5. The molecule has 5 aliphatic rings. The molecule has 10 N–H and O–H groups in total. The van der Waals surface area contributed by atoms with Crippen molar-refractivity contribution >= 4 is 195 Å². The number of nitrogens with zero attached hydrogens (tertiary/aromatic N) is 2. The fraction of sp³-hybridized carbons (Fsp3) is 0.746. The smallest absolute Gasteiger partial charge is 0.335 e. The number of nitrogens with two attached hydrogens (primary N) is 2. The van der Waals surface area contributed by atoms with Crippen LogP contribution in [0.25, 0.3) is 0 Å². The zero-order valence-electron chi connectivity index (χ0n) is 65.0. The molecule has 41 heteroatoms. The van der Waals surface area contributed by atoms with Gasteiger partial charge in [-0.1, -0.05) is 21.3 Å². The Morgan fingerprint density at radius 2 is 0.705 bits per heavy atom. The monoisotopic (exact) mass is 1740 g/mol. The van der Waals surface area contributed by atoms with Crippen LogP contribution < -0.4 is 22.1 Å². The van der Waals surface area contributed by atoms with Crippen molar-refractivity contribution in [2.75, 3.05) is 99.5 Å². The number of carbonyl (C=O) groups is 18. The van der Waals surface area contributed by atoms with Gasteiger partial charge in [-0.2, -0.15) is 70.6 Å². The fourth-order valence-electron chi connectivity index (χ4n) is 9.74. The van der Waals surface area contributed by atoms with Gasteiger partial charge in [-0.25, -0.2) is 9.59 Å². The van der Waals surface area contributed by atoms with Crippen LogP contribution in [-0.4, -0.2) is 280 Å². The lowest BCUT2D eigenvalue weighted by molar-refractivity contribution is -0.199. The molecule has 16 atom stereocenters. The van der Waals surface area contributed by atoms with Crippen LogP contribution >= 0.6 is 89.1 Å². The Hall–Kier alpha value is -5.18. The predicted octanol–water partition coefficient (Wildman–Crippen LogP) is 4.67. The molecule has 636 valence electrons. The van der Waals surface area contributed by atoms with Gasteiger partial charge in [-0.05, 0) is 65.2 Å². The minimum Gasteiger partial charge on any atom is -0.481 e. The molecule has 0 aromatic carbocycles. The topological polar surface area (TPSA) is 517 Å². The fourth-order valence-corrected chi connectivity index (χ4v) is 19.7. The molecular formula is C71H114N6O27P2S6. The lowest BCUT2D eigenvalue weighted by Crippen LogP contribution is -2.39. The van der Waals surface area contributed by atoms with Crippen LogP contribution in [0.15, 0.2) is 0 Å². The van der Waals surface area contributed by atoms with Gasteiger partial charge in [-0.15, -0.1) is 28.6 Å². The van der Waals surface area contributed by atoms with Crippen molar-refractivity contribution in [3.8, 4) is 0 Å². The first-order valence-electron chi connectivity index (χ1n) is 37.5. The van der Waals surface area contributed by atoms with Crippen molar-refractivity contribution in [1.29, 1.82) is 0 Å². The highest BCUT2D eigenvalue weighted by Crippen LogP contribution is 2.44. The number of nitrogens with one attached hydrogen (secondary N) is 2. The number of imide groups is 2. The average molecular weight is 1740 g/mol. The minimum absolute atomic E-state index is 0. The molecule has 112 heavy (non-hydrogen) atoms. The Bertz CT molecular complexity index is 3100. The first kappa shape index (κ1) is 101. The van der Waals surface area contributed by atoms with Crippen LogP contribution in [0.3, 0.4) is 0 Å². The number of amides is 6. The molecule has 33 nitrogen and oxygen atoms in total. The highest BCUT2D eigenvalue weighted by Gasteiger charge is 2.39. The molecule has 3 saturated carbocycles. The third-order valence-corrected chi connectivity index (χ3v) is 28.0. The van der Waals surface area contributed by atoms with E-state index >= 15 is 0 Å². The van der Waals surface area contributed by atoms with E-state index in [1.165, 1.54) is 13.8 Å². The van der Waals surface area contributed by atoms with Gasteiger partial charge in [0.1, 0.15) is 35.2 Å². The summed E-state index contributed by atoms with van der Waals surface area (Å²) < 4.78 is 30.5. The molecule has 5 rings (SSSR count). The molecular weight excluding hydrogens is 1620 g/mol. The maximum atomic E-state index is 12.9. The number of hydroxylamine groups is 4. The zero-order chi connectivity index (χ0) is 84.9. The molecule has 2 saturated heterocycles. The minimum atomic E-state index is -1.03. The summed E-state index contributed by atoms with van der Waals surface area (Å²) >= 11 is 9.67. The van der Waals surface area contributed by atoms with E-state index in [4.69, 9.17) is 43.7 Å². The number of carbonyl (C=O) groups excluding carboxylic acids is 14. The molecule has 2 aliphatic heterocycles. The van der Waals surface area contributed by atoms with E-state index in [2.05, 4.69) is 38.8 Å². The van der Waals surface area contributed by atoms with Crippen molar-refractivity contribution in [2.24, 2.45) is 35.1 Å². The van der Waals surface area contributed by atoms with Crippen LogP contribution in [0, 0.1) is 23.7 Å². The van der Waals surface area contributed by atoms with E-state index in [0.717, 1.165) is 38.5 Å². The molecule has 0 aromatic rings. The van der Waals surface area contributed by atoms with Gasteiger partial charge in [0.05, 0.1) is 83.3 Å². The van der Waals surface area contributed by atoms with Crippen LogP contribution in [0.5, 0.6) is 0 Å². The van der Waals surface area contributed by atoms with Gasteiger partial charge in [0.25, 0.3) is 23.6 Å². The summed E-state index contributed by atoms with van der Waals surface area (Å²) in [7, 11) is 4.18. The first-order chi connectivity index (χ1) is 53.4. The summed E-state index contributed by atoms with van der Waals surface area (Å²) in [5.41, 5.74) is 10.9. The van der Waals surface area contributed by atoms with Gasteiger partial charge >= 0.3 is 35.8 Å². The van der Waals surface area contributed by atoms with Crippen molar-refractivity contribution in [1.82, 2.24) is 20.8 Å². The summed E-state index contributed by atoms with van der Waals surface area (Å²) in [5.74, 6) is -8.52. The first-order valence-corrected chi connectivity index (χ1v) is 44.0. The largest absolute Gasteiger partial charge is 0.481 e. The molecule has 0 spiro atoms. The third kappa shape index (κ3) is 44.2. The third-order valence-electron chi connectivity index (χ3n) is 17.3. The second-order valence-corrected chi connectivity index (χ2v) is 34.5. The molecule has 16 unspecified atom stereocenters. The van der Waals surface area contributed by atoms with Crippen molar-refractivity contribution in [3.05, 3.63) is 0 Å². The van der Waals surface area contributed by atoms with Crippen molar-refractivity contribution in [2.45, 2.75) is 207 Å². The van der Waals surface area contributed by atoms with Gasteiger partial charge in [-0.3, -0.25) is 76.7 Å². The SMILES string of the molecule is C.CCC(CSC1CCC1SCC(CC(=O)CCOCCC(C)=O)C(=O)O)C(=O)O.NC(CSC1CCC1SCC(N)C(=O)O)C(=O)O.O=C(CCOCCC(=O)ON1C(=O)CCC1=O)ON1C(=O)CCC1=O.[3H]C(P)C(=O)CNC(=O)C(CC)CSC1CCC1SCC(CC(=O)CCOCCC(C)=O)C(=O)NCC(=O)C([3H])P. The number of thioether (sulfide) groups is 6. The van der Waals surface area contributed by atoms with Gasteiger partial charge in [0.15, 0.2) is 11.6 Å². The molecule has 3 aliphatic carbocycles. The lowest BCUT2D eigenvalue weighted by atomic mass is 9.99. The maximum absolute atomic E-state index is 12.9. The summed E-state index contributed by atoms with van der Waals surface area (Å²) in [5, 5.41) is 43.9. The van der Waals surface area contributed by atoms with E-state index in [0.29, 0.717) is 90.2 Å². The lowest BCUT2D eigenvalue weighted by Gasteiger charge is -2.37. The summed E-state index contributed by atoms with van der Waals surface area (Å²) in [4.78, 5) is 216. The van der Waals surface area contributed by atoms with E-state index in [9.17, 15) is 91.4 Å². The van der Waals surface area contributed by atoms with E-state index in [-0.39, 0.29) is 183 Å². The molecule has 0 aromatic heterocycles. The number of hydrogen-bond acceptors (Lipinski definition) is 31. The van der Waals surface area contributed by atoms with Crippen molar-refractivity contribution in [3.63, 3.8) is 0 Å². The number of carboxylic acids is 4. The average Bonchev–Trinajstić information content (AvgIpc) is 1.21. The Morgan fingerprint density at radius 3 is 1.00 bits per heavy atom. The van der Waals surface area contributed by atoms with E-state index in [1.54, 1.807) is 70.6 Å². The Balaban J connectivity index is 0.000000788. The van der Waals surface area contributed by atoms with E-state index in [1.807, 2.05) is 13.8 Å². The Labute approximate surface area is 686 Å². The van der Waals surface area contributed by atoms with Gasteiger partial charge in [0, 0.05) is 151 Å². The number of ketones is 6. The zero-order valence-corrected chi connectivity index (χ0v) is 70.2. The highest BCUT2D eigenvalue weighted by atomic mass is 32.2. The predicted molar refractivity (Wildman–Crippen MR) is 433 cm³/mol. The van der Waals surface area contributed by atoms with Gasteiger partial charge < -0.3 is 66.4 Å². The molecule has 5 fully saturated rings. The van der Waals surface area contributed by atoms with Crippen LogP contribution in [0.1, 0.15) is 166 Å². The van der Waals surface area contributed by atoms with Crippen LogP contribution in [0.2, 0.25) is 0 Å². The number of rotatable bonds is 56. The number of ether oxygens (including phenoxy) is 3. The molecule has 2 heterocycles. The van der Waals surface area contributed by atoms with E-state index < -0.39 is 107 Å². The highest BCUT2D eigenvalue weighted by molar-refractivity contribution is 8.04. The molecule has 0 bridgehead atoms. The Kier molecular flexibility index (Phi) is 53.6. The molecule has 6 amide bonds. The second-order valence-electron chi connectivity index (χ2n) is 26.2. The molecule has 0 radical (unpaired) electrons. The second kappa shape index (κ2) is 59.5. The number of Topliss-reactive ketones (excluding diaryl/α,β-unsaturated/α-hetero) is 6. The number of hydrogen-bond donors (Lipinski definition) is 8. The Morgan fingerprint density at radius 1 is 0.429 bits per heavy atom. The van der Waals surface area contributed by atoms with Crippen LogP contribution in [-0.2, 0) is 110 Å². The quantitative estimate of drug-likeness (QED) is 0.0233. The number of aliphatic carboxylic acids is 4. The summed E-state index contributed by atoms with van der Waals surface area (Å²) in [6, 6.07) is -1.66.